The minimum absolute atomic E-state index is 0.00594. The molecule has 0 aliphatic heterocycles. The fourth-order valence-corrected chi connectivity index (χ4v) is 3.77. The Hall–Kier alpha value is -3.59. The van der Waals surface area contributed by atoms with Gasteiger partial charge in [-0.2, -0.15) is 5.10 Å². The Labute approximate surface area is 197 Å². The van der Waals surface area contributed by atoms with Gasteiger partial charge in [0.15, 0.2) is 11.6 Å². The van der Waals surface area contributed by atoms with Crippen LogP contribution in [0.25, 0.3) is 22.3 Å². The Kier molecular flexibility index (Phi) is 7.02. The van der Waals surface area contributed by atoms with Crippen LogP contribution in [0, 0.1) is 5.82 Å². The second kappa shape index (κ2) is 10.1. The van der Waals surface area contributed by atoms with Crippen molar-refractivity contribution >= 4 is 22.4 Å². The number of methoxy groups -OCH3 is 1. The molecule has 0 atom stereocenters. The van der Waals surface area contributed by atoms with Crippen molar-refractivity contribution < 1.29 is 13.5 Å². The Morgan fingerprint density at radius 2 is 1.94 bits per heavy atom. The standard InChI is InChI=1S/C25H28F2N6O/c1-16(2)28-7-8-33(20-9-17(12-26)25(27)24(11-20)34-4)19-5-6-21-22(10-19)31-23(14-29-21)18-13-30-32(3)15-18/h5-6,9-11,13-16,28H,7-8,12H2,1-4H3. The summed E-state index contributed by atoms with van der Waals surface area (Å²) in [5, 5.41) is 7.60. The highest BCUT2D eigenvalue weighted by molar-refractivity contribution is 5.82. The molecule has 0 bridgehead atoms. The van der Waals surface area contributed by atoms with Gasteiger partial charge in [0.05, 0.1) is 36.2 Å². The van der Waals surface area contributed by atoms with E-state index in [1.165, 1.54) is 13.2 Å². The van der Waals surface area contributed by atoms with E-state index in [4.69, 9.17) is 9.72 Å². The van der Waals surface area contributed by atoms with Gasteiger partial charge in [-0.3, -0.25) is 9.67 Å². The van der Waals surface area contributed by atoms with Crippen LogP contribution in [0.5, 0.6) is 5.75 Å². The first-order valence-corrected chi connectivity index (χ1v) is 11.1. The summed E-state index contributed by atoms with van der Waals surface area (Å²) in [5.41, 5.74) is 4.46. The second-order valence-electron chi connectivity index (χ2n) is 8.35. The zero-order chi connectivity index (χ0) is 24.2. The number of halogens is 2. The Morgan fingerprint density at radius 3 is 2.62 bits per heavy atom. The predicted molar refractivity (Wildman–Crippen MR) is 130 cm³/mol. The highest BCUT2D eigenvalue weighted by atomic mass is 19.1. The Balaban J connectivity index is 1.78. The molecule has 0 amide bonds. The number of fused-ring (bicyclic) bond motifs is 1. The number of nitrogens with one attached hydrogen (secondary N) is 1. The van der Waals surface area contributed by atoms with E-state index in [1.54, 1.807) is 23.1 Å². The summed E-state index contributed by atoms with van der Waals surface area (Å²) in [6.07, 6.45) is 5.35. The third kappa shape index (κ3) is 4.99. The maximum atomic E-state index is 14.5. The van der Waals surface area contributed by atoms with Crippen LogP contribution in [0.2, 0.25) is 0 Å². The molecule has 0 unspecified atom stereocenters. The van der Waals surface area contributed by atoms with Gasteiger partial charge < -0.3 is 15.0 Å². The fourth-order valence-electron chi connectivity index (χ4n) is 3.77. The van der Waals surface area contributed by atoms with Crippen molar-refractivity contribution in [3.05, 3.63) is 60.3 Å². The van der Waals surface area contributed by atoms with Crippen LogP contribution in [0.3, 0.4) is 0 Å². The zero-order valence-corrected chi connectivity index (χ0v) is 19.7. The molecule has 178 valence electrons. The van der Waals surface area contributed by atoms with E-state index in [9.17, 15) is 8.78 Å². The summed E-state index contributed by atoms with van der Waals surface area (Å²) in [5.74, 6) is -0.675. The minimum atomic E-state index is -0.925. The van der Waals surface area contributed by atoms with Crippen LogP contribution in [0.4, 0.5) is 20.2 Å². The Bertz CT molecular complexity index is 1260. The maximum Gasteiger partial charge on any atom is 0.171 e. The maximum absolute atomic E-state index is 14.5. The first-order valence-electron chi connectivity index (χ1n) is 11.1. The van der Waals surface area contributed by atoms with Crippen molar-refractivity contribution in [1.82, 2.24) is 25.1 Å². The molecule has 2 aromatic carbocycles. The average Bonchev–Trinajstić information content (AvgIpc) is 3.27. The molecular formula is C25H28F2N6O. The van der Waals surface area contributed by atoms with Crippen molar-refractivity contribution in [1.29, 1.82) is 0 Å². The number of hydrogen-bond donors (Lipinski definition) is 1. The van der Waals surface area contributed by atoms with Crippen molar-refractivity contribution in [3.8, 4) is 17.0 Å². The molecule has 0 aliphatic carbocycles. The Morgan fingerprint density at radius 1 is 1.12 bits per heavy atom. The number of nitrogens with zero attached hydrogens (tertiary/aromatic N) is 5. The molecule has 1 N–H and O–H groups in total. The van der Waals surface area contributed by atoms with Gasteiger partial charge in [-0.25, -0.2) is 13.8 Å². The SMILES string of the molecule is COc1cc(N(CCNC(C)C)c2ccc3ncc(-c4cnn(C)c4)nc3c2)cc(CF)c1F. The number of rotatable bonds is 9. The normalized spacial score (nSPS) is 11.4. The van der Waals surface area contributed by atoms with Gasteiger partial charge in [-0.15, -0.1) is 0 Å². The quantitative estimate of drug-likeness (QED) is 0.383. The summed E-state index contributed by atoms with van der Waals surface area (Å²) in [6, 6.07) is 9.17. The third-order valence-electron chi connectivity index (χ3n) is 5.50. The number of aromatic nitrogens is 4. The molecule has 2 heterocycles. The summed E-state index contributed by atoms with van der Waals surface area (Å²) in [6.45, 7) is 4.45. The van der Waals surface area contributed by atoms with Gasteiger partial charge in [0, 0.05) is 60.9 Å². The van der Waals surface area contributed by atoms with Gasteiger partial charge >= 0.3 is 0 Å². The van der Waals surface area contributed by atoms with Crippen LogP contribution in [-0.2, 0) is 13.7 Å². The van der Waals surface area contributed by atoms with Crippen molar-refractivity contribution in [2.75, 3.05) is 25.1 Å². The monoisotopic (exact) mass is 466 g/mol. The topological polar surface area (TPSA) is 68.1 Å². The number of benzene rings is 2. The van der Waals surface area contributed by atoms with Crippen LogP contribution in [-0.4, -0.2) is 46.0 Å². The van der Waals surface area contributed by atoms with E-state index in [2.05, 4.69) is 29.2 Å². The molecule has 0 saturated carbocycles. The lowest BCUT2D eigenvalue weighted by Crippen LogP contribution is -2.32. The number of aryl methyl sites for hydroxylation is 1. The molecule has 0 aliphatic rings. The van der Waals surface area contributed by atoms with Crippen molar-refractivity contribution in [2.45, 2.75) is 26.6 Å². The van der Waals surface area contributed by atoms with E-state index in [0.29, 0.717) is 36.0 Å². The lowest BCUT2D eigenvalue weighted by atomic mass is 10.1. The largest absolute Gasteiger partial charge is 0.494 e. The predicted octanol–water partition coefficient (Wildman–Crippen LogP) is 4.78. The van der Waals surface area contributed by atoms with Crippen LogP contribution < -0.4 is 15.0 Å². The molecule has 0 fully saturated rings. The van der Waals surface area contributed by atoms with E-state index >= 15 is 0 Å². The summed E-state index contributed by atoms with van der Waals surface area (Å²) >= 11 is 0. The van der Waals surface area contributed by atoms with Gasteiger partial charge in [0.2, 0.25) is 0 Å². The van der Waals surface area contributed by atoms with Crippen molar-refractivity contribution in [2.24, 2.45) is 7.05 Å². The van der Waals surface area contributed by atoms with Crippen LogP contribution in [0.1, 0.15) is 19.4 Å². The highest BCUT2D eigenvalue weighted by Crippen LogP contribution is 2.34. The fraction of sp³-hybridized carbons (Fsp3) is 0.320. The molecular weight excluding hydrogens is 438 g/mol. The van der Waals surface area contributed by atoms with E-state index < -0.39 is 12.5 Å². The van der Waals surface area contributed by atoms with E-state index in [-0.39, 0.29) is 11.3 Å². The molecule has 9 heteroatoms. The smallest absolute Gasteiger partial charge is 0.171 e. The molecule has 0 spiro atoms. The van der Waals surface area contributed by atoms with Gasteiger partial charge in [0.25, 0.3) is 0 Å². The lowest BCUT2D eigenvalue weighted by molar-refractivity contribution is 0.377. The molecule has 0 saturated heterocycles. The number of alkyl halides is 1. The van der Waals surface area contributed by atoms with E-state index in [1.807, 2.05) is 36.3 Å². The number of hydrogen-bond acceptors (Lipinski definition) is 6. The first-order chi connectivity index (χ1) is 16.4. The van der Waals surface area contributed by atoms with E-state index in [0.717, 1.165) is 16.8 Å². The first kappa shape index (κ1) is 23.6. The molecule has 2 aromatic heterocycles. The highest BCUT2D eigenvalue weighted by Gasteiger charge is 2.18. The molecule has 4 rings (SSSR count). The lowest BCUT2D eigenvalue weighted by Gasteiger charge is -2.27. The third-order valence-corrected chi connectivity index (χ3v) is 5.50. The van der Waals surface area contributed by atoms with Crippen molar-refractivity contribution in [3.63, 3.8) is 0 Å². The molecule has 0 radical (unpaired) electrons. The van der Waals surface area contributed by atoms with Gasteiger partial charge in [-0.1, -0.05) is 13.8 Å². The number of anilines is 2. The number of ether oxygens (including phenoxy) is 1. The zero-order valence-electron chi connectivity index (χ0n) is 19.7. The van der Waals surface area contributed by atoms with Crippen LogP contribution >= 0.6 is 0 Å². The summed E-state index contributed by atoms with van der Waals surface area (Å²) in [7, 11) is 3.22. The molecule has 7 nitrogen and oxygen atoms in total. The molecule has 34 heavy (non-hydrogen) atoms. The van der Waals surface area contributed by atoms with Gasteiger partial charge in [0.1, 0.15) is 6.67 Å². The summed E-state index contributed by atoms with van der Waals surface area (Å²) < 4.78 is 34.9. The molecule has 4 aromatic rings. The summed E-state index contributed by atoms with van der Waals surface area (Å²) in [4.78, 5) is 11.3. The second-order valence-corrected chi connectivity index (χ2v) is 8.35. The van der Waals surface area contributed by atoms with Gasteiger partial charge in [-0.05, 0) is 24.3 Å². The average molecular weight is 467 g/mol. The minimum Gasteiger partial charge on any atom is -0.494 e. The van der Waals surface area contributed by atoms with Crippen LogP contribution in [0.15, 0.2) is 48.9 Å².